The van der Waals surface area contributed by atoms with Gasteiger partial charge in [0.1, 0.15) is 5.75 Å². The van der Waals surface area contributed by atoms with Crippen LogP contribution in [0, 0.1) is 0 Å². The number of aromatic hydroxyl groups is 1. The van der Waals surface area contributed by atoms with Crippen molar-refractivity contribution in [2.45, 2.75) is 51.2 Å². The van der Waals surface area contributed by atoms with Gasteiger partial charge in [0.15, 0.2) is 0 Å². The lowest BCUT2D eigenvalue weighted by atomic mass is 10.1. The van der Waals surface area contributed by atoms with E-state index in [2.05, 4.69) is 45.6 Å². The van der Waals surface area contributed by atoms with Crippen LogP contribution in [0.1, 0.15) is 25.0 Å². The summed E-state index contributed by atoms with van der Waals surface area (Å²) in [6.45, 7) is 11.4. The van der Waals surface area contributed by atoms with E-state index in [1.165, 1.54) is 10.3 Å². The number of hydrogen-bond donors (Lipinski definition) is 1. The summed E-state index contributed by atoms with van der Waals surface area (Å²) in [4.78, 5) is 1.32. The van der Waals surface area contributed by atoms with Crippen molar-refractivity contribution in [2.24, 2.45) is 0 Å². The fraction of sp³-hybridized carbons (Fsp3) is 0.571. The first-order chi connectivity index (χ1) is 7.87. The molecular formula is C14H24OSSi. The Kier molecular flexibility index (Phi) is 5.14. The molecule has 1 N–H and O–H groups in total. The van der Waals surface area contributed by atoms with Crippen LogP contribution >= 0.6 is 11.8 Å². The van der Waals surface area contributed by atoms with E-state index in [0.29, 0.717) is 5.75 Å². The fourth-order valence-corrected chi connectivity index (χ4v) is 4.50. The highest BCUT2D eigenvalue weighted by atomic mass is 32.2. The van der Waals surface area contributed by atoms with E-state index in [1.807, 2.05) is 11.8 Å². The van der Waals surface area contributed by atoms with Crippen LogP contribution in [-0.4, -0.2) is 18.6 Å². The van der Waals surface area contributed by atoms with Crippen LogP contribution in [-0.2, 0) is 12.8 Å². The number of phenolic OH excluding ortho intramolecular Hbond substituents is 1. The summed E-state index contributed by atoms with van der Waals surface area (Å²) in [7, 11) is -1.01. The van der Waals surface area contributed by atoms with Crippen molar-refractivity contribution in [1.29, 1.82) is 0 Å². The smallest absolute Gasteiger partial charge is 0.122 e. The first-order valence-electron chi connectivity index (χ1n) is 6.35. The van der Waals surface area contributed by atoms with Gasteiger partial charge in [-0.25, -0.2) is 0 Å². The van der Waals surface area contributed by atoms with E-state index in [0.717, 1.165) is 24.0 Å². The lowest BCUT2D eigenvalue weighted by Crippen LogP contribution is -2.23. The summed E-state index contributed by atoms with van der Waals surface area (Å²) in [6.07, 6.45) is 1.81. The third-order valence-corrected chi connectivity index (χ3v) is 7.29. The van der Waals surface area contributed by atoms with Crippen molar-refractivity contribution in [3.63, 3.8) is 0 Å². The topological polar surface area (TPSA) is 20.2 Å². The summed E-state index contributed by atoms with van der Waals surface area (Å²) in [5.41, 5.74) is 2.17. The molecule has 0 spiro atoms. The fourth-order valence-electron chi connectivity index (χ4n) is 1.65. The van der Waals surface area contributed by atoms with Gasteiger partial charge >= 0.3 is 0 Å². The van der Waals surface area contributed by atoms with Gasteiger partial charge in [-0.1, -0.05) is 33.5 Å². The van der Waals surface area contributed by atoms with E-state index < -0.39 is 8.07 Å². The molecule has 0 aliphatic rings. The predicted molar refractivity (Wildman–Crippen MR) is 80.9 cm³/mol. The normalized spacial score (nSPS) is 11.8. The highest BCUT2D eigenvalue weighted by molar-refractivity contribution is 8.01. The third kappa shape index (κ3) is 4.40. The van der Waals surface area contributed by atoms with E-state index in [-0.39, 0.29) is 0 Å². The van der Waals surface area contributed by atoms with E-state index in [9.17, 15) is 5.11 Å². The maximum atomic E-state index is 10.0. The van der Waals surface area contributed by atoms with Crippen molar-refractivity contribution >= 4 is 19.8 Å². The Morgan fingerprint density at radius 3 is 1.88 bits per heavy atom. The van der Waals surface area contributed by atoms with Crippen LogP contribution in [0.5, 0.6) is 5.75 Å². The number of aryl methyl sites for hydroxylation is 2. The molecule has 0 atom stereocenters. The Labute approximate surface area is 111 Å². The van der Waals surface area contributed by atoms with Gasteiger partial charge in [0, 0.05) is 4.90 Å². The Hall–Kier alpha value is -0.413. The lowest BCUT2D eigenvalue weighted by Gasteiger charge is -2.16. The number of rotatable bonds is 5. The highest BCUT2D eigenvalue weighted by Crippen LogP contribution is 2.31. The average molecular weight is 268 g/mol. The maximum absolute atomic E-state index is 10.0. The Morgan fingerprint density at radius 2 is 1.53 bits per heavy atom. The number of phenols is 1. The Bertz CT molecular complexity index is 357. The Morgan fingerprint density at radius 1 is 1.06 bits per heavy atom. The SMILES string of the molecule is CCc1cc(SC[Si](C)(C)C)cc(CC)c1O. The highest BCUT2D eigenvalue weighted by Gasteiger charge is 2.14. The molecule has 17 heavy (non-hydrogen) atoms. The van der Waals surface area contributed by atoms with Gasteiger partial charge in [0.2, 0.25) is 0 Å². The molecule has 1 aromatic rings. The van der Waals surface area contributed by atoms with Crippen molar-refractivity contribution in [2.75, 3.05) is 5.38 Å². The monoisotopic (exact) mass is 268 g/mol. The van der Waals surface area contributed by atoms with Gasteiger partial charge in [0.05, 0.1) is 8.07 Å². The van der Waals surface area contributed by atoms with Crippen LogP contribution in [0.3, 0.4) is 0 Å². The standard InChI is InChI=1S/C14H24OSSi/c1-6-11-8-13(16-10-17(3,4)5)9-12(7-2)14(11)15/h8-9,15H,6-7,10H2,1-5H3. The minimum absolute atomic E-state index is 0.507. The molecule has 0 amide bonds. The quantitative estimate of drug-likeness (QED) is 0.627. The molecule has 3 heteroatoms. The first kappa shape index (κ1) is 14.6. The zero-order valence-electron chi connectivity index (χ0n) is 11.6. The van der Waals surface area contributed by atoms with Crippen LogP contribution in [0.15, 0.2) is 17.0 Å². The molecule has 0 saturated heterocycles. The lowest BCUT2D eigenvalue weighted by molar-refractivity contribution is 0.461. The largest absolute Gasteiger partial charge is 0.507 e. The average Bonchev–Trinajstić information content (AvgIpc) is 2.26. The number of benzene rings is 1. The minimum atomic E-state index is -1.01. The molecule has 96 valence electrons. The van der Waals surface area contributed by atoms with Crippen LogP contribution < -0.4 is 0 Å². The van der Waals surface area contributed by atoms with Crippen molar-refractivity contribution in [1.82, 2.24) is 0 Å². The third-order valence-electron chi connectivity index (χ3n) is 2.67. The van der Waals surface area contributed by atoms with Crippen molar-refractivity contribution in [3.05, 3.63) is 23.3 Å². The molecular weight excluding hydrogens is 244 g/mol. The van der Waals surface area contributed by atoms with Gasteiger partial charge in [-0.15, -0.1) is 11.8 Å². The summed E-state index contributed by atoms with van der Waals surface area (Å²) in [5.74, 6) is 0.507. The predicted octanol–water partition coefficient (Wildman–Crippen LogP) is 4.49. The second kappa shape index (κ2) is 5.96. The van der Waals surface area contributed by atoms with Gasteiger partial charge < -0.3 is 5.11 Å². The zero-order valence-corrected chi connectivity index (χ0v) is 13.4. The number of hydrogen-bond acceptors (Lipinski definition) is 2. The van der Waals surface area contributed by atoms with Crippen LogP contribution in [0.25, 0.3) is 0 Å². The molecule has 1 rings (SSSR count). The molecule has 1 aromatic carbocycles. The van der Waals surface area contributed by atoms with Crippen molar-refractivity contribution < 1.29 is 5.11 Å². The van der Waals surface area contributed by atoms with Gasteiger partial charge in [0.25, 0.3) is 0 Å². The molecule has 0 aromatic heterocycles. The van der Waals surface area contributed by atoms with Gasteiger partial charge in [-0.3, -0.25) is 0 Å². The van der Waals surface area contributed by atoms with E-state index in [1.54, 1.807) is 0 Å². The summed E-state index contributed by atoms with van der Waals surface area (Å²) in [6, 6.07) is 4.30. The van der Waals surface area contributed by atoms with Crippen molar-refractivity contribution in [3.8, 4) is 5.75 Å². The number of thioether (sulfide) groups is 1. The van der Waals surface area contributed by atoms with Crippen LogP contribution in [0.2, 0.25) is 19.6 Å². The summed E-state index contributed by atoms with van der Waals surface area (Å²) in [5, 5.41) is 11.3. The molecule has 0 aliphatic carbocycles. The molecule has 0 aliphatic heterocycles. The summed E-state index contributed by atoms with van der Waals surface area (Å²) >= 11 is 1.95. The van der Waals surface area contributed by atoms with E-state index >= 15 is 0 Å². The maximum Gasteiger partial charge on any atom is 0.122 e. The molecule has 0 unspecified atom stereocenters. The molecule has 0 fully saturated rings. The van der Waals surface area contributed by atoms with E-state index in [4.69, 9.17) is 0 Å². The molecule has 0 heterocycles. The Balaban J connectivity index is 2.93. The van der Waals surface area contributed by atoms with Crippen LogP contribution in [0.4, 0.5) is 0 Å². The molecule has 0 saturated carbocycles. The minimum Gasteiger partial charge on any atom is -0.507 e. The van der Waals surface area contributed by atoms with Gasteiger partial charge in [-0.05, 0) is 41.5 Å². The second-order valence-corrected chi connectivity index (χ2v) is 12.7. The zero-order chi connectivity index (χ0) is 13.1. The molecule has 1 nitrogen and oxygen atoms in total. The summed E-state index contributed by atoms with van der Waals surface area (Å²) < 4.78 is 0. The molecule has 0 radical (unpaired) electrons. The second-order valence-electron chi connectivity index (χ2n) is 5.65. The van der Waals surface area contributed by atoms with Gasteiger partial charge in [-0.2, -0.15) is 0 Å². The first-order valence-corrected chi connectivity index (χ1v) is 11.0. The molecule has 0 bridgehead atoms.